The van der Waals surface area contributed by atoms with Crippen molar-refractivity contribution in [3.05, 3.63) is 24.5 Å². The Morgan fingerprint density at radius 3 is 3.12 bits per heavy atom. The van der Waals surface area contributed by atoms with E-state index in [9.17, 15) is 0 Å². The number of hydrogen-bond acceptors (Lipinski definition) is 5. The third kappa shape index (κ3) is 1.99. The molecule has 0 amide bonds. The third-order valence-electron chi connectivity index (χ3n) is 2.92. The number of hydrogen-bond donors (Lipinski definition) is 2. The van der Waals surface area contributed by atoms with E-state index in [-0.39, 0.29) is 6.04 Å². The Morgan fingerprint density at radius 2 is 2.41 bits per heavy atom. The summed E-state index contributed by atoms with van der Waals surface area (Å²) in [6.45, 7) is 1.75. The fraction of sp³-hybridized carbons (Fsp3) is 0.364. The standard InChI is InChI=1S/C11H14N6/c12-9-3-5-17(7-9)11-14-10(15-16-11)8-2-1-4-13-6-8/h1-2,4,6,9H,3,5,7,12H2,(H,14,15,16). The van der Waals surface area contributed by atoms with E-state index in [0.717, 1.165) is 36.8 Å². The molecule has 0 bridgehead atoms. The number of nitrogens with two attached hydrogens (primary N) is 1. The topological polar surface area (TPSA) is 83.7 Å². The van der Waals surface area contributed by atoms with Gasteiger partial charge in [0.25, 0.3) is 0 Å². The number of nitrogens with one attached hydrogen (secondary N) is 1. The minimum atomic E-state index is 0.232. The van der Waals surface area contributed by atoms with Crippen LogP contribution >= 0.6 is 0 Å². The van der Waals surface area contributed by atoms with Crippen molar-refractivity contribution in [1.29, 1.82) is 0 Å². The molecule has 1 saturated heterocycles. The minimum absolute atomic E-state index is 0.232. The lowest BCUT2D eigenvalue weighted by Gasteiger charge is -2.11. The molecule has 1 aliphatic heterocycles. The van der Waals surface area contributed by atoms with Crippen LogP contribution in [-0.4, -0.2) is 39.3 Å². The first-order valence-electron chi connectivity index (χ1n) is 5.66. The molecule has 0 aromatic carbocycles. The van der Waals surface area contributed by atoms with Crippen molar-refractivity contribution >= 4 is 5.95 Å². The van der Waals surface area contributed by atoms with E-state index >= 15 is 0 Å². The third-order valence-corrected chi connectivity index (χ3v) is 2.92. The molecule has 2 aromatic heterocycles. The SMILES string of the molecule is NC1CCN(c2n[nH]c(-c3cccnc3)n2)C1. The quantitative estimate of drug-likeness (QED) is 0.780. The number of anilines is 1. The number of rotatable bonds is 2. The maximum atomic E-state index is 5.86. The van der Waals surface area contributed by atoms with Crippen molar-refractivity contribution in [3.8, 4) is 11.4 Å². The zero-order valence-corrected chi connectivity index (χ0v) is 9.37. The zero-order valence-electron chi connectivity index (χ0n) is 9.37. The van der Waals surface area contributed by atoms with Gasteiger partial charge < -0.3 is 10.6 Å². The Balaban J connectivity index is 1.84. The van der Waals surface area contributed by atoms with E-state index in [1.54, 1.807) is 12.4 Å². The number of pyridine rings is 1. The molecule has 2 aromatic rings. The zero-order chi connectivity index (χ0) is 11.7. The molecule has 1 atom stereocenters. The number of nitrogens with zero attached hydrogens (tertiary/aromatic N) is 4. The average Bonchev–Trinajstić information content (AvgIpc) is 2.98. The average molecular weight is 230 g/mol. The Labute approximate surface area is 98.9 Å². The van der Waals surface area contributed by atoms with Crippen LogP contribution in [0.5, 0.6) is 0 Å². The molecule has 3 N–H and O–H groups in total. The van der Waals surface area contributed by atoms with Gasteiger partial charge in [-0.05, 0) is 18.6 Å². The highest BCUT2D eigenvalue weighted by atomic mass is 15.4. The van der Waals surface area contributed by atoms with Gasteiger partial charge in [0, 0.05) is 37.1 Å². The van der Waals surface area contributed by atoms with Crippen LogP contribution in [0.2, 0.25) is 0 Å². The summed E-state index contributed by atoms with van der Waals surface area (Å²) in [6.07, 6.45) is 4.50. The highest BCUT2D eigenvalue weighted by Gasteiger charge is 2.22. The predicted molar refractivity (Wildman–Crippen MR) is 64.4 cm³/mol. The monoisotopic (exact) mass is 230 g/mol. The molecule has 0 aliphatic carbocycles. The van der Waals surface area contributed by atoms with Crippen molar-refractivity contribution in [1.82, 2.24) is 20.2 Å². The number of aromatic nitrogens is 4. The van der Waals surface area contributed by atoms with Crippen LogP contribution in [0.1, 0.15) is 6.42 Å². The molecule has 0 saturated carbocycles. The maximum absolute atomic E-state index is 5.86. The van der Waals surface area contributed by atoms with E-state index in [1.165, 1.54) is 0 Å². The summed E-state index contributed by atoms with van der Waals surface area (Å²) < 4.78 is 0. The maximum Gasteiger partial charge on any atom is 0.245 e. The fourth-order valence-corrected chi connectivity index (χ4v) is 2.00. The molecule has 3 heterocycles. The van der Waals surface area contributed by atoms with E-state index in [2.05, 4.69) is 25.1 Å². The normalized spacial score (nSPS) is 19.8. The first kappa shape index (κ1) is 10.2. The van der Waals surface area contributed by atoms with Gasteiger partial charge >= 0.3 is 0 Å². The van der Waals surface area contributed by atoms with Gasteiger partial charge in [-0.1, -0.05) is 0 Å². The van der Waals surface area contributed by atoms with E-state index in [0.29, 0.717) is 0 Å². The van der Waals surface area contributed by atoms with Crippen LogP contribution in [0, 0.1) is 0 Å². The Hall–Kier alpha value is -1.95. The summed E-state index contributed by atoms with van der Waals surface area (Å²) in [5, 5.41) is 7.15. The van der Waals surface area contributed by atoms with Gasteiger partial charge in [-0.2, -0.15) is 4.98 Å². The van der Waals surface area contributed by atoms with Crippen LogP contribution in [0.15, 0.2) is 24.5 Å². The van der Waals surface area contributed by atoms with Gasteiger partial charge in [0.15, 0.2) is 5.82 Å². The Bertz CT molecular complexity index is 494. The Kier molecular flexibility index (Phi) is 2.49. The van der Waals surface area contributed by atoms with Gasteiger partial charge in [-0.15, -0.1) is 5.10 Å². The highest BCUT2D eigenvalue weighted by Crippen LogP contribution is 2.19. The second-order valence-electron chi connectivity index (χ2n) is 4.22. The summed E-state index contributed by atoms with van der Waals surface area (Å²) >= 11 is 0. The molecule has 88 valence electrons. The summed E-state index contributed by atoms with van der Waals surface area (Å²) in [6, 6.07) is 4.06. The first-order chi connectivity index (χ1) is 8.33. The van der Waals surface area contributed by atoms with E-state index in [1.807, 2.05) is 12.1 Å². The second kappa shape index (κ2) is 4.14. The van der Waals surface area contributed by atoms with Crippen LogP contribution in [0.4, 0.5) is 5.95 Å². The van der Waals surface area contributed by atoms with Crippen LogP contribution in [0.25, 0.3) is 11.4 Å². The largest absolute Gasteiger partial charge is 0.338 e. The van der Waals surface area contributed by atoms with Gasteiger partial charge in [0.2, 0.25) is 5.95 Å². The molecule has 3 rings (SSSR count). The summed E-state index contributed by atoms with van der Waals surface area (Å²) in [7, 11) is 0. The van der Waals surface area contributed by atoms with E-state index in [4.69, 9.17) is 5.73 Å². The van der Waals surface area contributed by atoms with E-state index < -0.39 is 0 Å². The number of aromatic amines is 1. The predicted octanol–water partition coefficient (Wildman–Crippen LogP) is 0.404. The van der Waals surface area contributed by atoms with Crippen LogP contribution < -0.4 is 10.6 Å². The van der Waals surface area contributed by atoms with Gasteiger partial charge in [-0.25, -0.2) is 0 Å². The van der Waals surface area contributed by atoms with Gasteiger partial charge in [0.05, 0.1) is 0 Å². The molecular formula is C11H14N6. The van der Waals surface area contributed by atoms with Crippen molar-refractivity contribution in [2.75, 3.05) is 18.0 Å². The molecule has 0 radical (unpaired) electrons. The number of H-pyrrole nitrogens is 1. The molecule has 1 fully saturated rings. The van der Waals surface area contributed by atoms with Gasteiger partial charge in [0.1, 0.15) is 0 Å². The first-order valence-corrected chi connectivity index (χ1v) is 5.66. The van der Waals surface area contributed by atoms with Crippen molar-refractivity contribution in [2.45, 2.75) is 12.5 Å². The summed E-state index contributed by atoms with van der Waals surface area (Å²) in [4.78, 5) is 10.6. The Morgan fingerprint density at radius 1 is 1.47 bits per heavy atom. The smallest absolute Gasteiger partial charge is 0.245 e. The van der Waals surface area contributed by atoms with Gasteiger partial charge in [-0.3, -0.25) is 10.1 Å². The van der Waals surface area contributed by atoms with Crippen LogP contribution in [-0.2, 0) is 0 Å². The van der Waals surface area contributed by atoms with Crippen molar-refractivity contribution in [3.63, 3.8) is 0 Å². The molecule has 1 unspecified atom stereocenters. The molecule has 17 heavy (non-hydrogen) atoms. The minimum Gasteiger partial charge on any atom is -0.338 e. The van der Waals surface area contributed by atoms with Crippen LogP contribution in [0.3, 0.4) is 0 Å². The lowest BCUT2D eigenvalue weighted by atomic mass is 10.3. The fourth-order valence-electron chi connectivity index (χ4n) is 2.00. The van der Waals surface area contributed by atoms with Crippen molar-refractivity contribution < 1.29 is 0 Å². The molecule has 0 spiro atoms. The molecule has 1 aliphatic rings. The lowest BCUT2D eigenvalue weighted by Crippen LogP contribution is -2.26. The molecule has 6 nitrogen and oxygen atoms in total. The summed E-state index contributed by atoms with van der Waals surface area (Å²) in [5.74, 6) is 1.46. The summed E-state index contributed by atoms with van der Waals surface area (Å²) in [5.41, 5.74) is 6.80. The lowest BCUT2D eigenvalue weighted by molar-refractivity contribution is 0.750. The molecular weight excluding hydrogens is 216 g/mol. The van der Waals surface area contributed by atoms with Crippen molar-refractivity contribution in [2.24, 2.45) is 5.73 Å². The highest BCUT2D eigenvalue weighted by molar-refractivity contribution is 5.54. The molecule has 6 heteroatoms. The second-order valence-corrected chi connectivity index (χ2v) is 4.22.